The molecule has 3 nitrogen and oxygen atoms in total. The smallest absolute Gasteiger partial charge is 0.0708 e. The predicted octanol–water partition coefficient (Wildman–Crippen LogP) is 5.80. The Balaban J connectivity index is 0.00000218. The van der Waals surface area contributed by atoms with Crippen molar-refractivity contribution in [1.82, 2.24) is 15.2 Å². The fourth-order valence-electron chi connectivity index (χ4n) is 5.28. The second-order valence-electron chi connectivity index (χ2n) is 8.49. The summed E-state index contributed by atoms with van der Waals surface area (Å²) < 4.78 is 0. The number of hydrogen-bond donors (Lipinski definition) is 1. The number of benzene rings is 2. The minimum Gasteiger partial charge on any atom is -0.376 e. The van der Waals surface area contributed by atoms with E-state index in [1.165, 1.54) is 50.8 Å². The lowest BCUT2D eigenvalue weighted by molar-refractivity contribution is 0.00377. The van der Waals surface area contributed by atoms with E-state index in [9.17, 15) is 0 Å². The lowest BCUT2D eigenvalue weighted by Crippen LogP contribution is -2.59. The SMILES string of the molecule is C=C(NC(c1ccccc1)C1(N2CCCC2)CCC1)c1cccc2ncccc12.[HH]. The summed E-state index contributed by atoms with van der Waals surface area (Å²) in [6, 6.07) is 21.7. The molecule has 0 radical (unpaired) electrons. The third-order valence-corrected chi connectivity index (χ3v) is 6.91. The minimum atomic E-state index is 0. The largest absolute Gasteiger partial charge is 0.376 e. The fraction of sp³-hybridized carbons (Fsp3) is 0.346. The zero-order valence-electron chi connectivity index (χ0n) is 17.0. The second kappa shape index (κ2) is 7.64. The molecule has 0 spiro atoms. The number of aromatic nitrogens is 1. The molecule has 1 aromatic heterocycles. The minimum absolute atomic E-state index is 0. The monoisotopic (exact) mass is 385 g/mol. The van der Waals surface area contributed by atoms with Gasteiger partial charge in [-0.3, -0.25) is 9.88 Å². The van der Waals surface area contributed by atoms with E-state index in [4.69, 9.17) is 0 Å². The number of hydrogen-bond acceptors (Lipinski definition) is 3. The summed E-state index contributed by atoms with van der Waals surface area (Å²) in [6.07, 6.45) is 8.31. The van der Waals surface area contributed by atoms with Crippen LogP contribution in [0, 0.1) is 0 Å². The Labute approximate surface area is 174 Å². The molecule has 2 aromatic carbocycles. The highest BCUT2D eigenvalue weighted by Crippen LogP contribution is 2.48. The van der Waals surface area contributed by atoms with Crippen molar-refractivity contribution < 1.29 is 1.43 Å². The zero-order valence-corrected chi connectivity index (χ0v) is 17.0. The predicted molar refractivity (Wildman–Crippen MR) is 123 cm³/mol. The zero-order chi connectivity index (χ0) is 19.7. The maximum absolute atomic E-state index is 4.52. The van der Waals surface area contributed by atoms with E-state index >= 15 is 0 Å². The van der Waals surface area contributed by atoms with Crippen molar-refractivity contribution in [3.63, 3.8) is 0 Å². The van der Waals surface area contributed by atoms with Gasteiger partial charge >= 0.3 is 0 Å². The molecule has 5 rings (SSSR count). The Bertz CT molecular complexity index is 1000. The maximum atomic E-state index is 4.52. The molecule has 0 amide bonds. The molecule has 2 aliphatic rings. The molecule has 1 saturated heterocycles. The van der Waals surface area contributed by atoms with Crippen molar-refractivity contribution in [1.29, 1.82) is 0 Å². The molecular weight excluding hydrogens is 354 g/mol. The molecule has 29 heavy (non-hydrogen) atoms. The molecule has 150 valence electrons. The van der Waals surface area contributed by atoms with E-state index in [1.807, 2.05) is 12.3 Å². The molecule has 1 aliphatic heterocycles. The molecule has 1 unspecified atom stereocenters. The van der Waals surface area contributed by atoms with E-state index in [0.29, 0.717) is 0 Å². The number of likely N-dealkylation sites (tertiary alicyclic amines) is 1. The Kier molecular flexibility index (Phi) is 4.84. The van der Waals surface area contributed by atoms with Gasteiger partial charge in [-0.05, 0) is 62.9 Å². The van der Waals surface area contributed by atoms with Gasteiger partial charge in [0.1, 0.15) is 0 Å². The van der Waals surface area contributed by atoms with Gasteiger partial charge in [-0.25, -0.2) is 0 Å². The van der Waals surface area contributed by atoms with Crippen LogP contribution in [0.5, 0.6) is 0 Å². The topological polar surface area (TPSA) is 28.2 Å². The third-order valence-electron chi connectivity index (χ3n) is 6.91. The van der Waals surface area contributed by atoms with Crippen LogP contribution in [0.25, 0.3) is 16.6 Å². The van der Waals surface area contributed by atoms with Gasteiger partial charge in [-0.2, -0.15) is 0 Å². The van der Waals surface area contributed by atoms with Crippen LogP contribution in [0.1, 0.15) is 50.7 Å². The summed E-state index contributed by atoms with van der Waals surface area (Å²) in [5.74, 6) is 0. The third kappa shape index (κ3) is 3.24. The van der Waals surface area contributed by atoms with Crippen LogP contribution in [0.3, 0.4) is 0 Å². The van der Waals surface area contributed by atoms with Gasteiger partial charge in [-0.15, -0.1) is 0 Å². The normalized spacial score (nSPS) is 19.6. The Morgan fingerprint density at radius 2 is 1.76 bits per heavy atom. The average molecular weight is 386 g/mol. The van der Waals surface area contributed by atoms with Gasteiger partial charge in [0.05, 0.1) is 11.6 Å². The number of pyridine rings is 1. The second-order valence-corrected chi connectivity index (χ2v) is 8.49. The summed E-state index contributed by atoms with van der Waals surface area (Å²) in [5, 5.41) is 5.05. The molecule has 0 bridgehead atoms. The van der Waals surface area contributed by atoms with E-state index in [1.54, 1.807) is 0 Å². The molecule has 1 aliphatic carbocycles. The Hall–Kier alpha value is -2.65. The van der Waals surface area contributed by atoms with Crippen molar-refractivity contribution in [3.8, 4) is 0 Å². The van der Waals surface area contributed by atoms with Gasteiger partial charge in [0.15, 0.2) is 0 Å². The lowest BCUT2D eigenvalue weighted by atomic mass is 9.68. The summed E-state index contributed by atoms with van der Waals surface area (Å²) in [7, 11) is 0. The van der Waals surface area contributed by atoms with Crippen LogP contribution >= 0.6 is 0 Å². The van der Waals surface area contributed by atoms with Gasteiger partial charge in [0.25, 0.3) is 0 Å². The summed E-state index contributed by atoms with van der Waals surface area (Å²) in [4.78, 5) is 7.27. The van der Waals surface area contributed by atoms with Crippen molar-refractivity contribution in [3.05, 3.63) is 84.6 Å². The summed E-state index contributed by atoms with van der Waals surface area (Å²) in [6.45, 7) is 6.92. The highest BCUT2D eigenvalue weighted by Gasteiger charge is 2.49. The molecule has 1 saturated carbocycles. The van der Waals surface area contributed by atoms with Crippen molar-refractivity contribution in [2.24, 2.45) is 0 Å². The molecule has 1 atom stereocenters. The molecule has 3 aromatic rings. The Morgan fingerprint density at radius 3 is 2.48 bits per heavy atom. The molecule has 1 N–H and O–H groups in total. The van der Waals surface area contributed by atoms with E-state index in [0.717, 1.165) is 22.2 Å². The summed E-state index contributed by atoms with van der Waals surface area (Å²) in [5.41, 5.74) is 4.71. The van der Waals surface area contributed by atoms with Gasteiger partial charge in [0, 0.05) is 29.8 Å². The first kappa shape index (κ1) is 18.4. The Morgan fingerprint density at radius 1 is 0.966 bits per heavy atom. The number of nitrogens with one attached hydrogen (secondary N) is 1. The number of nitrogens with zero attached hydrogens (tertiary/aromatic N) is 2. The van der Waals surface area contributed by atoms with E-state index in [2.05, 4.69) is 76.4 Å². The molecule has 3 heteroatoms. The first-order valence-corrected chi connectivity index (χ1v) is 10.9. The van der Waals surface area contributed by atoms with Crippen LogP contribution in [-0.2, 0) is 0 Å². The first-order chi connectivity index (χ1) is 14.3. The lowest BCUT2D eigenvalue weighted by Gasteiger charge is -2.54. The first-order valence-electron chi connectivity index (χ1n) is 10.9. The highest BCUT2D eigenvalue weighted by atomic mass is 15.3. The molecular formula is C26H31N3. The number of rotatable bonds is 6. The summed E-state index contributed by atoms with van der Waals surface area (Å²) >= 11 is 0. The van der Waals surface area contributed by atoms with Crippen LogP contribution in [0.2, 0.25) is 0 Å². The van der Waals surface area contributed by atoms with Crippen LogP contribution < -0.4 is 5.32 Å². The van der Waals surface area contributed by atoms with Gasteiger partial charge in [-0.1, -0.05) is 55.1 Å². The van der Waals surface area contributed by atoms with Crippen LogP contribution in [0.15, 0.2) is 73.4 Å². The maximum Gasteiger partial charge on any atom is 0.0708 e. The van der Waals surface area contributed by atoms with Gasteiger partial charge < -0.3 is 5.32 Å². The van der Waals surface area contributed by atoms with Crippen molar-refractivity contribution >= 4 is 16.6 Å². The van der Waals surface area contributed by atoms with Crippen LogP contribution in [-0.4, -0.2) is 28.5 Å². The average Bonchev–Trinajstić information content (AvgIpc) is 3.27. The van der Waals surface area contributed by atoms with Crippen LogP contribution in [0.4, 0.5) is 0 Å². The standard InChI is InChI=1S/C26H29N3.H2/c1-20(22-12-7-14-24-23(22)13-8-17-27-24)28-25(21-10-3-2-4-11-21)26(15-9-16-26)29-18-5-6-19-29;/h2-4,7-8,10-14,17,25,28H,1,5-6,9,15-16,18-19H2;1H. The van der Waals surface area contributed by atoms with Crippen molar-refractivity contribution in [2.45, 2.75) is 43.7 Å². The van der Waals surface area contributed by atoms with Crippen molar-refractivity contribution in [2.75, 3.05) is 13.1 Å². The molecule has 2 fully saturated rings. The highest BCUT2D eigenvalue weighted by molar-refractivity contribution is 5.90. The van der Waals surface area contributed by atoms with Gasteiger partial charge in [0.2, 0.25) is 0 Å². The fourth-order valence-corrected chi connectivity index (χ4v) is 5.28. The number of fused-ring (bicyclic) bond motifs is 1. The van der Waals surface area contributed by atoms with E-state index in [-0.39, 0.29) is 13.0 Å². The quantitative estimate of drug-likeness (QED) is 0.581. The van der Waals surface area contributed by atoms with E-state index < -0.39 is 0 Å². The molecule has 2 heterocycles.